The lowest BCUT2D eigenvalue weighted by Crippen LogP contribution is -2.47. The van der Waals surface area contributed by atoms with Crippen molar-refractivity contribution in [3.05, 3.63) is 24.0 Å². The second-order valence-electron chi connectivity index (χ2n) is 3.73. The predicted molar refractivity (Wildman–Crippen MR) is 59.5 cm³/mol. The highest BCUT2D eigenvalue weighted by atomic mass is 16.2. The molecule has 1 saturated heterocycles. The first kappa shape index (κ1) is 10.6. The van der Waals surface area contributed by atoms with Crippen LogP contribution in [0.4, 0.5) is 5.69 Å². The van der Waals surface area contributed by atoms with Crippen LogP contribution >= 0.6 is 0 Å². The zero-order valence-corrected chi connectivity index (χ0v) is 9.06. The molecular formula is C11H13N3O2. The number of ketones is 1. The largest absolute Gasteiger partial charge is 0.359 e. The summed E-state index contributed by atoms with van der Waals surface area (Å²) in [5.74, 6) is -0.0372. The first-order chi connectivity index (χ1) is 7.66. The van der Waals surface area contributed by atoms with Gasteiger partial charge in [0.25, 0.3) is 0 Å². The van der Waals surface area contributed by atoms with Crippen LogP contribution in [0.2, 0.25) is 0 Å². The maximum absolute atomic E-state index is 11.2. The Hall–Kier alpha value is -1.91. The van der Waals surface area contributed by atoms with E-state index in [0.29, 0.717) is 18.8 Å². The summed E-state index contributed by atoms with van der Waals surface area (Å²) >= 11 is 0. The van der Waals surface area contributed by atoms with E-state index in [2.05, 4.69) is 10.3 Å². The highest BCUT2D eigenvalue weighted by Gasteiger charge is 2.16. The number of anilines is 1. The Morgan fingerprint density at radius 1 is 1.50 bits per heavy atom. The van der Waals surface area contributed by atoms with Crippen LogP contribution in [0.25, 0.3) is 0 Å². The van der Waals surface area contributed by atoms with Crippen molar-refractivity contribution < 1.29 is 9.59 Å². The van der Waals surface area contributed by atoms with Crippen LogP contribution < -0.4 is 10.2 Å². The van der Waals surface area contributed by atoms with E-state index in [0.717, 1.165) is 12.2 Å². The van der Waals surface area contributed by atoms with Gasteiger partial charge < -0.3 is 10.2 Å². The van der Waals surface area contributed by atoms with E-state index in [4.69, 9.17) is 0 Å². The Labute approximate surface area is 93.5 Å². The van der Waals surface area contributed by atoms with Crippen LogP contribution in [0, 0.1) is 0 Å². The Bertz CT molecular complexity index is 414. The quantitative estimate of drug-likeness (QED) is 0.723. The van der Waals surface area contributed by atoms with E-state index in [1.165, 1.54) is 6.92 Å². The van der Waals surface area contributed by atoms with Gasteiger partial charge in [-0.25, -0.2) is 0 Å². The Kier molecular flexibility index (Phi) is 2.85. The van der Waals surface area contributed by atoms with Gasteiger partial charge in [0.15, 0.2) is 5.78 Å². The smallest absolute Gasteiger partial charge is 0.239 e. The second-order valence-corrected chi connectivity index (χ2v) is 3.73. The maximum atomic E-state index is 11.2. The number of hydrogen-bond donors (Lipinski definition) is 1. The number of amides is 1. The van der Waals surface area contributed by atoms with Gasteiger partial charge in [0.2, 0.25) is 5.91 Å². The molecule has 0 spiro atoms. The Balaban J connectivity index is 2.14. The van der Waals surface area contributed by atoms with Crippen LogP contribution in [-0.2, 0) is 4.79 Å². The maximum Gasteiger partial charge on any atom is 0.239 e. The molecule has 84 valence electrons. The molecular weight excluding hydrogens is 206 g/mol. The summed E-state index contributed by atoms with van der Waals surface area (Å²) in [5, 5.41) is 2.76. The number of Topliss-reactive ketones (excluding diaryl/α,β-unsaturated/α-hetero) is 1. The molecule has 1 aromatic heterocycles. The summed E-state index contributed by atoms with van der Waals surface area (Å²) in [6, 6.07) is 3.51. The number of carbonyl (C=O) groups excluding carboxylic acids is 2. The lowest BCUT2D eigenvalue weighted by atomic mass is 10.2. The van der Waals surface area contributed by atoms with E-state index in [9.17, 15) is 9.59 Å². The molecule has 2 rings (SSSR count). The molecule has 1 aromatic rings. The minimum absolute atomic E-state index is 0.0156. The standard InChI is InChI=1S/C11H13N3O2/c1-8(15)10-3-2-9(6-13-10)14-5-4-12-11(16)7-14/h2-3,6H,4-5,7H2,1H3,(H,12,16). The highest BCUT2D eigenvalue weighted by Crippen LogP contribution is 2.13. The van der Waals surface area contributed by atoms with Crippen LogP contribution in [0.1, 0.15) is 17.4 Å². The highest BCUT2D eigenvalue weighted by molar-refractivity contribution is 5.92. The predicted octanol–water partition coefficient (Wildman–Crippen LogP) is 0.220. The third-order valence-corrected chi connectivity index (χ3v) is 2.51. The number of carbonyl (C=O) groups is 2. The fourth-order valence-electron chi connectivity index (χ4n) is 1.64. The van der Waals surface area contributed by atoms with Gasteiger partial charge in [0.1, 0.15) is 5.69 Å². The molecule has 5 nitrogen and oxygen atoms in total. The molecule has 0 saturated carbocycles. The van der Waals surface area contributed by atoms with Crippen LogP contribution in [0.3, 0.4) is 0 Å². The first-order valence-corrected chi connectivity index (χ1v) is 5.15. The molecule has 5 heteroatoms. The zero-order valence-electron chi connectivity index (χ0n) is 9.06. The van der Waals surface area contributed by atoms with Gasteiger partial charge in [0.05, 0.1) is 18.4 Å². The van der Waals surface area contributed by atoms with Gasteiger partial charge in [-0.2, -0.15) is 0 Å². The Morgan fingerprint density at radius 3 is 2.88 bits per heavy atom. The lowest BCUT2D eigenvalue weighted by molar-refractivity contribution is -0.120. The molecule has 0 aromatic carbocycles. The van der Waals surface area contributed by atoms with Crippen molar-refractivity contribution in [3.8, 4) is 0 Å². The van der Waals surface area contributed by atoms with Crippen LogP contribution in [0.15, 0.2) is 18.3 Å². The van der Waals surface area contributed by atoms with Crippen molar-refractivity contribution >= 4 is 17.4 Å². The average molecular weight is 219 g/mol. The van der Waals surface area contributed by atoms with Crippen LogP contribution in [-0.4, -0.2) is 36.3 Å². The van der Waals surface area contributed by atoms with Crippen molar-refractivity contribution in [1.82, 2.24) is 10.3 Å². The number of nitrogens with one attached hydrogen (secondary N) is 1. The molecule has 0 radical (unpaired) electrons. The van der Waals surface area contributed by atoms with Crippen molar-refractivity contribution in [2.24, 2.45) is 0 Å². The normalized spacial score (nSPS) is 15.8. The van der Waals surface area contributed by atoms with E-state index in [1.54, 1.807) is 12.3 Å². The average Bonchev–Trinajstić information content (AvgIpc) is 2.29. The molecule has 0 atom stereocenters. The number of aromatic nitrogens is 1. The van der Waals surface area contributed by atoms with Gasteiger partial charge in [-0.15, -0.1) is 0 Å². The third-order valence-electron chi connectivity index (χ3n) is 2.51. The number of hydrogen-bond acceptors (Lipinski definition) is 4. The van der Waals surface area contributed by atoms with Gasteiger partial charge in [-0.05, 0) is 12.1 Å². The summed E-state index contributed by atoms with van der Waals surface area (Å²) in [6.07, 6.45) is 1.63. The second kappa shape index (κ2) is 4.30. The summed E-state index contributed by atoms with van der Waals surface area (Å²) in [5.41, 5.74) is 1.32. The molecule has 1 amide bonds. The van der Waals surface area contributed by atoms with Crippen molar-refractivity contribution in [2.45, 2.75) is 6.92 Å². The molecule has 1 aliphatic rings. The molecule has 1 fully saturated rings. The minimum atomic E-state index is -0.0528. The van der Waals surface area contributed by atoms with Crippen LogP contribution in [0.5, 0.6) is 0 Å². The molecule has 0 aliphatic carbocycles. The third kappa shape index (κ3) is 2.18. The van der Waals surface area contributed by atoms with Crippen molar-refractivity contribution in [3.63, 3.8) is 0 Å². The topological polar surface area (TPSA) is 62.3 Å². The number of nitrogens with zero attached hydrogens (tertiary/aromatic N) is 2. The summed E-state index contributed by atoms with van der Waals surface area (Å²) < 4.78 is 0. The van der Waals surface area contributed by atoms with E-state index < -0.39 is 0 Å². The van der Waals surface area contributed by atoms with Crippen molar-refractivity contribution in [1.29, 1.82) is 0 Å². The number of piperazine rings is 1. The Morgan fingerprint density at radius 2 is 2.31 bits per heavy atom. The van der Waals surface area contributed by atoms with Gasteiger partial charge >= 0.3 is 0 Å². The van der Waals surface area contributed by atoms with E-state index in [-0.39, 0.29) is 11.7 Å². The monoisotopic (exact) mass is 219 g/mol. The summed E-state index contributed by atoms with van der Waals surface area (Å²) in [7, 11) is 0. The molecule has 16 heavy (non-hydrogen) atoms. The molecule has 1 N–H and O–H groups in total. The zero-order chi connectivity index (χ0) is 11.5. The summed E-state index contributed by atoms with van der Waals surface area (Å²) in [4.78, 5) is 28.2. The van der Waals surface area contributed by atoms with Gasteiger partial charge in [0, 0.05) is 20.0 Å². The van der Waals surface area contributed by atoms with E-state index in [1.807, 2.05) is 11.0 Å². The van der Waals surface area contributed by atoms with Gasteiger partial charge in [-0.3, -0.25) is 14.6 Å². The summed E-state index contributed by atoms with van der Waals surface area (Å²) in [6.45, 7) is 3.25. The lowest BCUT2D eigenvalue weighted by Gasteiger charge is -2.28. The van der Waals surface area contributed by atoms with Crippen molar-refractivity contribution in [2.75, 3.05) is 24.5 Å². The fourth-order valence-corrected chi connectivity index (χ4v) is 1.64. The first-order valence-electron chi connectivity index (χ1n) is 5.15. The minimum Gasteiger partial charge on any atom is -0.359 e. The van der Waals surface area contributed by atoms with Gasteiger partial charge in [-0.1, -0.05) is 0 Å². The number of rotatable bonds is 2. The van der Waals surface area contributed by atoms with E-state index >= 15 is 0 Å². The number of pyridine rings is 1. The molecule has 2 heterocycles. The molecule has 1 aliphatic heterocycles. The molecule has 0 bridgehead atoms. The SMILES string of the molecule is CC(=O)c1ccc(N2CCNC(=O)C2)cn1. The fraction of sp³-hybridized carbons (Fsp3) is 0.364. The molecule has 0 unspecified atom stereocenters.